The standard InChI is InChI=1S/C18H20N2O3/c1-11-5-4-6-12(2)16(11)20-17(21)13(3)23-18(22)14-7-9-15(19)10-8-14/h4-10,13H,19H2,1-3H3,(H,20,21). The number of nitrogens with one attached hydrogen (secondary N) is 1. The van der Waals surface area contributed by atoms with Crippen molar-refractivity contribution in [2.24, 2.45) is 0 Å². The van der Waals surface area contributed by atoms with Gasteiger partial charge in [0.25, 0.3) is 5.91 Å². The van der Waals surface area contributed by atoms with Crippen LogP contribution < -0.4 is 11.1 Å². The van der Waals surface area contributed by atoms with Gasteiger partial charge in [-0.1, -0.05) is 18.2 Å². The molecule has 5 nitrogen and oxygen atoms in total. The molecule has 0 bridgehead atoms. The van der Waals surface area contributed by atoms with Crippen LogP contribution in [-0.2, 0) is 9.53 Å². The third-order valence-electron chi connectivity index (χ3n) is 3.53. The van der Waals surface area contributed by atoms with E-state index in [2.05, 4.69) is 5.32 Å². The first-order valence-corrected chi connectivity index (χ1v) is 7.32. The number of benzene rings is 2. The van der Waals surface area contributed by atoms with Crippen molar-refractivity contribution in [3.63, 3.8) is 0 Å². The van der Waals surface area contributed by atoms with E-state index >= 15 is 0 Å². The van der Waals surface area contributed by atoms with Crippen LogP contribution >= 0.6 is 0 Å². The Morgan fingerprint density at radius 3 is 2.17 bits per heavy atom. The van der Waals surface area contributed by atoms with Crippen molar-refractivity contribution in [1.82, 2.24) is 0 Å². The van der Waals surface area contributed by atoms with Crippen LogP contribution in [0.1, 0.15) is 28.4 Å². The Labute approximate surface area is 135 Å². The molecule has 1 amide bonds. The second-order valence-corrected chi connectivity index (χ2v) is 5.43. The molecule has 0 aliphatic carbocycles. The average molecular weight is 312 g/mol. The summed E-state index contributed by atoms with van der Waals surface area (Å²) in [5.74, 6) is -0.930. The summed E-state index contributed by atoms with van der Waals surface area (Å²) < 4.78 is 5.20. The summed E-state index contributed by atoms with van der Waals surface area (Å²) in [6.45, 7) is 5.36. The molecule has 5 heteroatoms. The van der Waals surface area contributed by atoms with Crippen molar-refractivity contribution in [3.05, 3.63) is 59.2 Å². The first-order valence-electron chi connectivity index (χ1n) is 7.32. The number of hydrogen-bond donors (Lipinski definition) is 2. The largest absolute Gasteiger partial charge is 0.449 e. The number of carbonyl (C=O) groups is 2. The lowest BCUT2D eigenvalue weighted by Crippen LogP contribution is -2.30. The molecule has 1 unspecified atom stereocenters. The Morgan fingerprint density at radius 2 is 1.61 bits per heavy atom. The first-order chi connectivity index (χ1) is 10.9. The fourth-order valence-electron chi connectivity index (χ4n) is 2.14. The number of anilines is 2. The summed E-state index contributed by atoms with van der Waals surface area (Å²) in [7, 11) is 0. The summed E-state index contributed by atoms with van der Waals surface area (Å²) in [6, 6.07) is 12.1. The van der Waals surface area contributed by atoms with E-state index in [4.69, 9.17) is 10.5 Å². The molecular formula is C18H20N2O3. The second-order valence-electron chi connectivity index (χ2n) is 5.43. The van der Waals surface area contributed by atoms with Crippen LogP contribution in [0.5, 0.6) is 0 Å². The van der Waals surface area contributed by atoms with Crippen molar-refractivity contribution < 1.29 is 14.3 Å². The maximum Gasteiger partial charge on any atom is 0.338 e. The highest BCUT2D eigenvalue weighted by atomic mass is 16.5. The molecule has 0 aliphatic heterocycles. The molecule has 1 atom stereocenters. The molecule has 3 N–H and O–H groups in total. The summed E-state index contributed by atoms with van der Waals surface area (Å²) in [5, 5.41) is 2.81. The monoisotopic (exact) mass is 312 g/mol. The zero-order chi connectivity index (χ0) is 17.0. The van der Waals surface area contributed by atoms with Gasteiger partial charge in [0, 0.05) is 11.4 Å². The van der Waals surface area contributed by atoms with Gasteiger partial charge in [-0.25, -0.2) is 4.79 Å². The Kier molecular flexibility index (Phi) is 5.01. The van der Waals surface area contributed by atoms with Crippen LogP contribution in [0.4, 0.5) is 11.4 Å². The minimum Gasteiger partial charge on any atom is -0.449 e. The summed E-state index contributed by atoms with van der Waals surface area (Å²) in [6.07, 6.45) is -0.904. The molecule has 0 saturated carbocycles. The normalized spacial score (nSPS) is 11.6. The number of aryl methyl sites for hydroxylation is 2. The minimum absolute atomic E-state index is 0.353. The summed E-state index contributed by atoms with van der Waals surface area (Å²) in [4.78, 5) is 24.2. The Bertz CT molecular complexity index is 703. The van der Waals surface area contributed by atoms with Gasteiger partial charge in [-0.05, 0) is 56.2 Å². The van der Waals surface area contributed by atoms with Gasteiger partial charge in [-0.3, -0.25) is 4.79 Å². The van der Waals surface area contributed by atoms with E-state index in [0.717, 1.165) is 16.8 Å². The lowest BCUT2D eigenvalue weighted by Gasteiger charge is -2.16. The van der Waals surface area contributed by atoms with Crippen LogP contribution in [0.25, 0.3) is 0 Å². The maximum absolute atomic E-state index is 12.2. The highest BCUT2D eigenvalue weighted by molar-refractivity contribution is 5.98. The molecule has 0 saturated heterocycles. The molecule has 23 heavy (non-hydrogen) atoms. The molecule has 0 fully saturated rings. The van der Waals surface area contributed by atoms with E-state index in [1.165, 1.54) is 6.92 Å². The SMILES string of the molecule is Cc1cccc(C)c1NC(=O)C(C)OC(=O)c1ccc(N)cc1. The predicted octanol–water partition coefficient (Wildman–Crippen LogP) is 3.07. The molecule has 120 valence electrons. The quantitative estimate of drug-likeness (QED) is 0.671. The smallest absolute Gasteiger partial charge is 0.338 e. The van der Waals surface area contributed by atoms with Gasteiger partial charge in [-0.15, -0.1) is 0 Å². The van der Waals surface area contributed by atoms with Gasteiger partial charge in [0.2, 0.25) is 0 Å². The van der Waals surface area contributed by atoms with E-state index in [1.54, 1.807) is 24.3 Å². The van der Waals surface area contributed by atoms with Crippen LogP contribution in [0, 0.1) is 13.8 Å². The van der Waals surface area contributed by atoms with Crippen LogP contribution in [0.3, 0.4) is 0 Å². The van der Waals surface area contributed by atoms with Gasteiger partial charge in [0.1, 0.15) is 0 Å². The number of nitrogen functional groups attached to an aromatic ring is 1. The third kappa shape index (κ3) is 4.10. The fraction of sp³-hybridized carbons (Fsp3) is 0.222. The van der Waals surface area contributed by atoms with Gasteiger partial charge < -0.3 is 15.8 Å². The fourth-order valence-corrected chi connectivity index (χ4v) is 2.14. The highest BCUT2D eigenvalue weighted by Crippen LogP contribution is 2.20. The van der Waals surface area contributed by atoms with Crippen molar-refractivity contribution >= 4 is 23.3 Å². The molecule has 0 aliphatic rings. The van der Waals surface area contributed by atoms with Crippen LogP contribution in [-0.4, -0.2) is 18.0 Å². The molecule has 0 spiro atoms. The average Bonchev–Trinajstić information content (AvgIpc) is 2.51. The van der Waals surface area contributed by atoms with Gasteiger partial charge in [0.15, 0.2) is 6.10 Å². The van der Waals surface area contributed by atoms with E-state index < -0.39 is 12.1 Å². The molecule has 0 heterocycles. The molecule has 2 rings (SSSR count). The van der Waals surface area contributed by atoms with Crippen LogP contribution in [0.15, 0.2) is 42.5 Å². The second kappa shape index (κ2) is 6.96. The lowest BCUT2D eigenvalue weighted by atomic mass is 10.1. The number of ether oxygens (including phenoxy) is 1. The molecule has 0 radical (unpaired) electrons. The Hall–Kier alpha value is -2.82. The Morgan fingerprint density at radius 1 is 1.04 bits per heavy atom. The minimum atomic E-state index is -0.904. The van der Waals surface area contributed by atoms with Crippen molar-refractivity contribution in [2.75, 3.05) is 11.1 Å². The zero-order valence-corrected chi connectivity index (χ0v) is 13.4. The highest BCUT2D eigenvalue weighted by Gasteiger charge is 2.20. The number of esters is 1. The third-order valence-corrected chi connectivity index (χ3v) is 3.53. The number of nitrogens with two attached hydrogens (primary N) is 1. The molecule has 2 aromatic rings. The van der Waals surface area contributed by atoms with Gasteiger partial charge >= 0.3 is 5.97 Å². The van der Waals surface area contributed by atoms with E-state index in [1.807, 2.05) is 32.0 Å². The van der Waals surface area contributed by atoms with Crippen molar-refractivity contribution in [2.45, 2.75) is 26.9 Å². The van der Waals surface area contributed by atoms with E-state index in [-0.39, 0.29) is 5.91 Å². The van der Waals surface area contributed by atoms with Crippen LogP contribution in [0.2, 0.25) is 0 Å². The van der Waals surface area contributed by atoms with Crippen molar-refractivity contribution in [3.8, 4) is 0 Å². The number of rotatable bonds is 4. The molecule has 0 aromatic heterocycles. The number of para-hydroxylation sites is 1. The van der Waals surface area contributed by atoms with Gasteiger partial charge in [0.05, 0.1) is 5.56 Å². The topological polar surface area (TPSA) is 81.4 Å². The number of amides is 1. The number of carbonyl (C=O) groups excluding carboxylic acids is 2. The van der Waals surface area contributed by atoms with E-state index in [0.29, 0.717) is 11.3 Å². The van der Waals surface area contributed by atoms with E-state index in [9.17, 15) is 9.59 Å². The van der Waals surface area contributed by atoms with Gasteiger partial charge in [-0.2, -0.15) is 0 Å². The number of hydrogen-bond acceptors (Lipinski definition) is 4. The summed E-state index contributed by atoms with van der Waals surface area (Å²) in [5.41, 5.74) is 9.14. The zero-order valence-electron chi connectivity index (χ0n) is 13.4. The lowest BCUT2D eigenvalue weighted by molar-refractivity contribution is -0.123. The molecular weight excluding hydrogens is 292 g/mol. The Balaban J connectivity index is 2.02. The predicted molar refractivity (Wildman–Crippen MR) is 90.3 cm³/mol. The first kappa shape index (κ1) is 16.5. The van der Waals surface area contributed by atoms with Crippen molar-refractivity contribution in [1.29, 1.82) is 0 Å². The maximum atomic E-state index is 12.2. The summed E-state index contributed by atoms with van der Waals surface area (Å²) >= 11 is 0. The molecule has 2 aromatic carbocycles.